The van der Waals surface area contributed by atoms with Crippen LogP contribution in [0.3, 0.4) is 0 Å². The van der Waals surface area contributed by atoms with Gasteiger partial charge in [0.15, 0.2) is 0 Å². The van der Waals surface area contributed by atoms with Gasteiger partial charge < -0.3 is 9.84 Å². The number of nitro benzene ring substituents is 1. The third-order valence-electron chi connectivity index (χ3n) is 4.09. The fourth-order valence-corrected chi connectivity index (χ4v) is 3.02. The Morgan fingerprint density at radius 3 is 2.68 bits per heavy atom. The highest BCUT2D eigenvalue weighted by atomic mass is 35.5. The lowest BCUT2D eigenvalue weighted by Crippen LogP contribution is -2.12. The average molecular weight is 402 g/mol. The minimum atomic E-state index is -1.51. The van der Waals surface area contributed by atoms with E-state index in [2.05, 4.69) is 10.2 Å². The summed E-state index contributed by atoms with van der Waals surface area (Å²) in [7, 11) is 0. The maximum absolute atomic E-state index is 12.4. The molecule has 3 aromatic rings. The number of nitro groups is 1. The highest BCUT2D eigenvalue weighted by Gasteiger charge is 2.31. The Balaban J connectivity index is 2.20. The van der Waals surface area contributed by atoms with Crippen LogP contribution in [0.2, 0.25) is 5.02 Å². The van der Waals surface area contributed by atoms with Gasteiger partial charge in [-0.25, -0.2) is 4.79 Å². The van der Waals surface area contributed by atoms with E-state index < -0.39 is 17.0 Å². The number of aliphatic hydroxyl groups excluding tert-OH is 1. The number of hydrogen-bond acceptors (Lipinski definition) is 6. The molecule has 1 aromatic heterocycles. The number of rotatable bonds is 6. The van der Waals surface area contributed by atoms with E-state index in [0.29, 0.717) is 11.3 Å². The largest absolute Gasteiger partial charge is 0.461 e. The van der Waals surface area contributed by atoms with E-state index in [9.17, 15) is 20.0 Å². The zero-order chi connectivity index (χ0) is 20.3. The lowest BCUT2D eigenvalue weighted by Gasteiger charge is -2.14. The fraction of sp³-hybridized carbons (Fsp3) is 0.158. The predicted octanol–water partition coefficient (Wildman–Crippen LogP) is 3.90. The van der Waals surface area contributed by atoms with Crippen molar-refractivity contribution in [2.45, 2.75) is 13.0 Å². The van der Waals surface area contributed by atoms with Gasteiger partial charge in [0.05, 0.1) is 22.8 Å². The predicted molar refractivity (Wildman–Crippen MR) is 102 cm³/mol. The van der Waals surface area contributed by atoms with Crippen LogP contribution in [0.25, 0.3) is 11.3 Å². The van der Waals surface area contributed by atoms with E-state index in [0.717, 1.165) is 6.07 Å². The standard InChI is InChI=1S/C19H16ClN3O5/c1-2-28-19(25)17-15(16(21-22-17)11-6-4-3-5-7-11)18(24)13-9-8-12(20)10-14(13)23(26)27/h3-10,18,24H,2H2,1H3,(H,21,22). The molecule has 0 fully saturated rings. The monoisotopic (exact) mass is 401 g/mol. The van der Waals surface area contributed by atoms with E-state index in [1.54, 1.807) is 31.2 Å². The SMILES string of the molecule is CCOC(=O)c1[nH]nc(-c2ccccc2)c1C(O)c1ccc(Cl)cc1[N+](=O)[O-]. The van der Waals surface area contributed by atoms with E-state index in [4.69, 9.17) is 16.3 Å². The van der Waals surface area contributed by atoms with Crippen molar-refractivity contribution in [3.63, 3.8) is 0 Å². The number of aromatic nitrogens is 2. The molecular formula is C19H16ClN3O5. The number of nitrogens with one attached hydrogen (secondary N) is 1. The van der Waals surface area contributed by atoms with Gasteiger partial charge in [0, 0.05) is 22.2 Å². The van der Waals surface area contributed by atoms with Crippen LogP contribution in [0.5, 0.6) is 0 Å². The molecule has 9 heteroatoms. The summed E-state index contributed by atoms with van der Waals surface area (Å²) in [5.41, 5.74) is 0.557. The summed E-state index contributed by atoms with van der Waals surface area (Å²) in [6.07, 6.45) is -1.51. The zero-order valence-corrected chi connectivity index (χ0v) is 15.5. The normalized spacial score (nSPS) is 11.8. The second-order valence-corrected chi connectivity index (χ2v) is 6.25. The highest BCUT2D eigenvalue weighted by molar-refractivity contribution is 6.30. The first-order valence-corrected chi connectivity index (χ1v) is 8.74. The summed E-state index contributed by atoms with van der Waals surface area (Å²) in [4.78, 5) is 23.2. The second-order valence-electron chi connectivity index (χ2n) is 5.81. The molecule has 28 heavy (non-hydrogen) atoms. The Hall–Kier alpha value is -3.23. The van der Waals surface area contributed by atoms with Gasteiger partial charge in [0.25, 0.3) is 5.69 Å². The highest BCUT2D eigenvalue weighted by Crippen LogP contribution is 2.37. The van der Waals surface area contributed by atoms with Crippen LogP contribution in [-0.4, -0.2) is 32.8 Å². The van der Waals surface area contributed by atoms with Gasteiger partial charge in [-0.1, -0.05) is 41.9 Å². The number of esters is 1. The smallest absolute Gasteiger partial charge is 0.356 e. The molecule has 0 aliphatic rings. The zero-order valence-electron chi connectivity index (χ0n) is 14.8. The van der Waals surface area contributed by atoms with Crippen LogP contribution >= 0.6 is 11.6 Å². The number of aromatic amines is 1. The van der Waals surface area contributed by atoms with Crippen molar-refractivity contribution in [1.29, 1.82) is 0 Å². The molecule has 0 saturated carbocycles. The molecule has 2 aromatic carbocycles. The second kappa shape index (κ2) is 8.20. The van der Waals surface area contributed by atoms with Crippen molar-refractivity contribution in [2.24, 2.45) is 0 Å². The van der Waals surface area contributed by atoms with Gasteiger partial charge in [-0.15, -0.1) is 0 Å². The number of carbonyl (C=O) groups excluding carboxylic acids is 1. The van der Waals surface area contributed by atoms with Gasteiger partial charge in [0.1, 0.15) is 11.8 Å². The first-order chi connectivity index (χ1) is 13.4. The fourth-order valence-electron chi connectivity index (χ4n) is 2.85. The molecule has 1 atom stereocenters. The third-order valence-corrected chi connectivity index (χ3v) is 4.32. The molecular weight excluding hydrogens is 386 g/mol. The van der Waals surface area contributed by atoms with Crippen molar-refractivity contribution in [3.05, 3.63) is 80.5 Å². The molecule has 1 unspecified atom stereocenters. The number of halogens is 1. The molecule has 3 rings (SSSR count). The first kappa shape index (κ1) is 19.5. The number of ether oxygens (including phenoxy) is 1. The van der Waals surface area contributed by atoms with Gasteiger partial charge in [-0.2, -0.15) is 5.10 Å². The Labute approximate surface area is 164 Å². The Morgan fingerprint density at radius 2 is 2.04 bits per heavy atom. The van der Waals surface area contributed by atoms with Crippen LogP contribution in [-0.2, 0) is 4.74 Å². The molecule has 0 amide bonds. The quantitative estimate of drug-likeness (QED) is 0.367. The minimum absolute atomic E-state index is 0.0153. The maximum atomic E-state index is 12.4. The van der Waals surface area contributed by atoms with Crippen molar-refractivity contribution in [3.8, 4) is 11.3 Å². The Bertz CT molecular complexity index is 1020. The van der Waals surface area contributed by atoms with Crippen molar-refractivity contribution in [1.82, 2.24) is 10.2 Å². The summed E-state index contributed by atoms with van der Waals surface area (Å²) < 4.78 is 5.02. The van der Waals surface area contributed by atoms with E-state index in [1.165, 1.54) is 12.1 Å². The first-order valence-electron chi connectivity index (χ1n) is 8.36. The van der Waals surface area contributed by atoms with Crippen LogP contribution in [0.4, 0.5) is 5.69 Å². The van der Waals surface area contributed by atoms with E-state index in [-0.39, 0.29) is 34.1 Å². The van der Waals surface area contributed by atoms with Gasteiger partial charge >= 0.3 is 5.97 Å². The van der Waals surface area contributed by atoms with Crippen molar-refractivity contribution >= 4 is 23.3 Å². The molecule has 144 valence electrons. The summed E-state index contributed by atoms with van der Waals surface area (Å²) in [5.74, 6) is -0.720. The van der Waals surface area contributed by atoms with Crippen LogP contribution < -0.4 is 0 Å². The Morgan fingerprint density at radius 1 is 1.32 bits per heavy atom. The molecule has 0 saturated heterocycles. The minimum Gasteiger partial charge on any atom is -0.461 e. The molecule has 0 bridgehead atoms. The van der Waals surface area contributed by atoms with Crippen LogP contribution in [0.15, 0.2) is 48.5 Å². The van der Waals surface area contributed by atoms with E-state index >= 15 is 0 Å². The van der Waals surface area contributed by atoms with E-state index in [1.807, 2.05) is 6.07 Å². The number of hydrogen-bond donors (Lipinski definition) is 2. The number of benzene rings is 2. The lowest BCUT2D eigenvalue weighted by molar-refractivity contribution is -0.386. The lowest BCUT2D eigenvalue weighted by atomic mass is 9.95. The topological polar surface area (TPSA) is 118 Å². The number of nitrogens with zero attached hydrogens (tertiary/aromatic N) is 2. The summed E-state index contributed by atoms with van der Waals surface area (Å²) in [5, 5.41) is 29.4. The summed E-state index contributed by atoms with van der Waals surface area (Å²) in [6, 6.07) is 12.8. The average Bonchev–Trinajstić information content (AvgIpc) is 3.13. The molecule has 2 N–H and O–H groups in total. The number of aliphatic hydroxyl groups is 1. The number of carbonyl (C=O) groups is 1. The van der Waals surface area contributed by atoms with Gasteiger partial charge in [0.2, 0.25) is 0 Å². The molecule has 1 heterocycles. The Kier molecular flexibility index (Phi) is 5.72. The van der Waals surface area contributed by atoms with Crippen molar-refractivity contribution in [2.75, 3.05) is 6.61 Å². The van der Waals surface area contributed by atoms with Gasteiger partial charge in [-0.05, 0) is 19.1 Å². The van der Waals surface area contributed by atoms with Gasteiger partial charge in [-0.3, -0.25) is 15.2 Å². The summed E-state index contributed by atoms with van der Waals surface area (Å²) >= 11 is 5.86. The molecule has 0 spiro atoms. The number of H-pyrrole nitrogens is 1. The maximum Gasteiger partial charge on any atom is 0.356 e. The van der Waals surface area contributed by atoms with Crippen molar-refractivity contribution < 1.29 is 19.6 Å². The molecule has 0 aliphatic carbocycles. The van der Waals surface area contributed by atoms with Crippen LogP contribution in [0.1, 0.15) is 34.6 Å². The van der Waals surface area contributed by atoms with Crippen LogP contribution in [0, 0.1) is 10.1 Å². The molecule has 0 aliphatic heterocycles. The molecule has 0 radical (unpaired) electrons. The molecule has 8 nitrogen and oxygen atoms in total. The third kappa shape index (κ3) is 3.73. The summed E-state index contributed by atoms with van der Waals surface area (Å²) in [6.45, 7) is 1.77.